The molecule has 2 rings (SSSR count). The van der Waals surface area contributed by atoms with Gasteiger partial charge in [0.15, 0.2) is 0 Å². The maximum Gasteiger partial charge on any atom is 0.135 e. The molecule has 1 aliphatic heterocycles. The summed E-state index contributed by atoms with van der Waals surface area (Å²) >= 11 is 7.20. The predicted octanol–water partition coefficient (Wildman–Crippen LogP) is 4.29. The van der Waals surface area contributed by atoms with Crippen LogP contribution in [0.5, 0.6) is 5.75 Å². The van der Waals surface area contributed by atoms with Gasteiger partial charge in [-0.15, -0.1) is 0 Å². The Balaban J connectivity index is 1.98. The van der Waals surface area contributed by atoms with E-state index in [9.17, 15) is 0 Å². The van der Waals surface area contributed by atoms with E-state index in [4.69, 9.17) is 4.74 Å². The Morgan fingerprint density at radius 2 is 2.10 bits per heavy atom. The van der Waals surface area contributed by atoms with Crippen LogP contribution in [0.25, 0.3) is 0 Å². The maximum atomic E-state index is 5.41. The Hall–Kier alpha value is -0.260. The van der Waals surface area contributed by atoms with E-state index in [0.29, 0.717) is 5.92 Å². The predicted molar refractivity (Wildman–Crippen MR) is 96.4 cm³/mol. The van der Waals surface area contributed by atoms with Gasteiger partial charge in [-0.2, -0.15) is 0 Å². The molecule has 0 bridgehead atoms. The molecule has 118 valence electrons. The van der Waals surface area contributed by atoms with Crippen LogP contribution < -0.4 is 15.0 Å². The Bertz CT molecular complexity index is 480. The molecule has 1 aliphatic rings. The van der Waals surface area contributed by atoms with Gasteiger partial charge >= 0.3 is 0 Å². The van der Waals surface area contributed by atoms with E-state index in [2.05, 4.69) is 68.1 Å². The van der Waals surface area contributed by atoms with Crippen molar-refractivity contribution in [1.82, 2.24) is 5.32 Å². The van der Waals surface area contributed by atoms with Crippen molar-refractivity contribution in [2.24, 2.45) is 11.8 Å². The zero-order chi connectivity index (χ0) is 15.4. The molecule has 1 heterocycles. The highest BCUT2D eigenvalue weighted by Gasteiger charge is 2.24. The van der Waals surface area contributed by atoms with E-state index in [1.165, 1.54) is 12.1 Å². The van der Waals surface area contributed by atoms with Gasteiger partial charge in [0.2, 0.25) is 0 Å². The summed E-state index contributed by atoms with van der Waals surface area (Å²) < 4.78 is 7.51. The largest absolute Gasteiger partial charge is 0.495 e. The smallest absolute Gasteiger partial charge is 0.135 e. The third-order valence-electron chi connectivity index (χ3n) is 3.83. The lowest BCUT2D eigenvalue weighted by Crippen LogP contribution is -2.28. The fourth-order valence-electron chi connectivity index (χ4n) is 2.71. The van der Waals surface area contributed by atoms with Crippen LogP contribution in [0.1, 0.15) is 20.3 Å². The van der Waals surface area contributed by atoms with Crippen molar-refractivity contribution in [1.29, 1.82) is 0 Å². The van der Waals surface area contributed by atoms with Crippen molar-refractivity contribution in [3.05, 3.63) is 21.1 Å². The lowest BCUT2D eigenvalue weighted by Gasteiger charge is -2.22. The summed E-state index contributed by atoms with van der Waals surface area (Å²) in [5.41, 5.74) is 1.22. The molecule has 5 heteroatoms. The van der Waals surface area contributed by atoms with E-state index in [-0.39, 0.29) is 0 Å². The topological polar surface area (TPSA) is 24.5 Å². The highest BCUT2D eigenvalue weighted by Crippen LogP contribution is 2.38. The van der Waals surface area contributed by atoms with E-state index < -0.39 is 0 Å². The van der Waals surface area contributed by atoms with Crippen LogP contribution in [0.4, 0.5) is 5.69 Å². The molecular weight excluding hydrogens is 396 g/mol. The average molecular weight is 420 g/mol. The van der Waals surface area contributed by atoms with Crippen LogP contribution >= 0.6 is 31.9 Å². The first-order valence-corrected chi connectivity index (χ1v) is 9.08. The third kappa shape index (κ3) is 4.60. The Morgan fingerprint density at radius 3 is 2.76 bits per heavy atom. The average Bonchev–Trinajstić information content (AvgIpc) is 2.87. The molecule has 21 heavy (non-hydrogen) atoms. The second-order valence-electron chi connectivity index (χ2n) is 6.09. The molecule has 1 unspecified atom stereocenters. The Morgan fingerprint density at radius 1 is 1.33 bits per heavy atom. The molecule has 0 spiro atoms. The number of rotatable bonds is 6. The lowest BCUT2D eigenvalue weighted by atomic mass is 10.1. The van der Waals surface area contributed by atoms with Crippen molar-refractivity contribution >= 4 is 37.5 Å². The minimum absolute atomic E-state index is 0.715. The summed E-state index contributed by atoms with van der Waals surface area (Å²) in [7, 11) is 1.71. The number of ether oxygens (including phenoxy) is 1. The molecule has 1 atom stereocenters. The molecule has 3 nitrogen and oxygen atoms in total. The molecular formula is C16H24Br2N2O. The van der Waals surface area contributed by atoms with Gasteiger partial charge < -0.3 is 15.0 Å². The van der Waals surface area contributed by atoms with Gasteiger partial charge in [-0.25, -0.2) is 0 Å². The van der Waals surface area contributed by atoms with Gasteiger partial charge in [0.1, 0.15) is 5.75 Å². The zero-order valence-corrected chi connectivity index (χ0v) is 16.1. The van der Waals surface area contributed by atoms with Crippen molar-refractivity contribution in [3.8, 4) is 5.75 Å². The molecule has 1 N–H and O–H groups in total. The minimum atomic E-state index is 0.715. The number of methoxy groups -OCH3 is 1. The van der Waals surface area contributed by atoms with Crippen molar-refractivity contribution in [2.45, 2.75) is 20.3 Å². The SMILES string of the molecule is COc1cc(N2CCC(CNCC(C)C)C2)c(Br)cc1Br. The Kier molecular flexibility index (Phi) is 6.38. The van der Waals surface area contributed by atoms with Crippen LogP contribution in [0.15, 0.2) is 21.1 Å². The van der Waals surface area contributed by atoms with Crippen molar-refractivity contribution in [2.75, 3.05) is 38.2 Å². The second-order valence-corrected chi connectivity index (χ2v) is 7.80. The van der Waals surface area contributed by atoms with Crippen LogP contribution in [0.2, 0.25) is 0 Å². The number of nitrogens with one attached hydrogen (secondary N) is 1. The van der Waals surface area contributed by atoms with Crippen molar-refractivity contribution < 1.29 is 4.74 Å². The lowest BCUT2D eigenvalue weighted by molar-refractivity contribution is 0.412. The summed E-state index contributed by atoms with van der Waals surface area (Å²) in [6, 6.07) is 4.18. The molecule has 0 aliphatic carbocycles. The number of hydrogen-bond acceptors (Lipinski definition) is 3. The molecule has 1 aromatic carbocycles. The van der Waals surface area contributed by atoms with E-state index >= 15 is 0 Å². The first kappa shape index (κ1) is 17.1. The van der Waals surface area contributed by atoms with Gasteiger partial charge in [0, 0.05) is 23.6 Å². The highest BCUT2D eigenvalue weighted by molar-refractivity contribution is 9.11. The molecule has 0 radical (unpaired) electrons. The normalized spacial score (nSPS) is 18.6. The van der Waals surface area contributed by atoms with Crippen LogP contribution in [0.3, 0.4) is 0 Å². The number of anilines is 1. The molecule has 0 amide bonds. The molecule has 1 fully saturated rings. The van der Waals surface area contributed by atoms with E-state index in [1.807, 2.05) is 0 Å². The van der Waals surface area contributed by atoms with Crippen LogP contribution in [-0.4, -0.2) is 33.3 Å². The first-order valence-electron chi connectivity index (χ1n) is 7.50. The van der Waals surface area contributed by atoms with Gasteiger partial charge in [-0.3, -0.25) is 0 Å². The number of hydrogen-bond donors (Lipinski definition) is 1. The highest BCUT2D eigenvalue weighted by atomic mass is 79.9. The summed E-state index contributed by atoms with van der Waals surface area (Å²) in [6.07, 6.45) is 1.25. The number of nitrogens with zero attached hydrogens (tertiary/aromatic N) is 1. The molecule has 0 saturated carbocycles. The number of halogens is 2. The standard InChI is InChI=1S/C16H24Br2N2O/c1-11(2)8-19-9-12-4-5-20(10-12)15-7-16(21-3)14(18)6-13(15)17/h6-7,11-12,19H,4-5,8-10H2,1-3H3. The third-order valence-corrected chi connectivity index (χ3v) is 5.09. The van der Waals surface area contributed by atoms with Crippen molar-refractivity contribution in [3.63, 3.8) is 0 Å². The fourth-order valence-corrected chi connectivity index (χ4v) is 4.12. The van der Waals surface area contributed by atoms with E-state index in [1.54, 1.807) is 7.11 Å². The Labute approximate surface area is 144 Å². The quantitative estimate of drug-likeness (QED) is 0.744. The van der Waals surface area contributed by atoms with E-state index in [0.717, 1.165) is 46.8 Å². The monoisotopic (exact) mass is 418 g/mol. The second kappa shape index (κ2) is 7.84. The summed E-state index contributed by atoms with van der Waals surface area (Å²) in [5, 5.41) is 3.57. The van der Waals surface area contributed by atoms with Gasteiger partial charge in [-0.05, 0) is 69.3 Å². The molecule has 1 aromatic rings. The van der Waals surface area contributed by atoms with Gasteiger partial charge in [0.05, 0.1) is 17.3 Å². The van der Waals surface area contributed by atoms with Crippen LogP contribution in [-0.2, 0) is 0 Å². The van der Waals surface area contributed by atoms with Gasteiger partial charge in [0.25, 0.3) is 0 Å². The first-order chi connectivity index (χ1) is 10.0. The summed E-state index contributed by atoms with van der Waals surface area (Å²) in [4.78, 5) is 2.45. The summed E-state index contributed by atoms with van der Waals surface area (Å²) in [6.45, 7) is 8.93. The zero-order valence-electron chi connectivity index (χ0n) is 13.0. The number of benzene rings is 1. The molecule has 1 saturated heterocycles. The minimum Gasteiger partial charge on any atom is -0.495 e. The maximum absolute atomic E-state index is 5.41. The molecule has 0 aromatic heterocycles. The van der Waals surface area contributed by atoms with Gasteiger partial charge in [-0.1, -0.05) is 13.8 Å². The van der Waals surface area contributed by atoms with Crippen LogP contribution in [0, 0.1) is 11.8 Å². The fraction of sp³-hybridized carbons (Fsp3) is 0.625. The summed E-state index contributed by atoms with van der Waals surface area (Å²) in [5.74, 6) is 2.33.